The molecule has 0 atom stereocenters. The molecule has 140 valence electrons. The van der Waals surface area contributed by atoms with Crippen LogP contribution in [0.2, 0.25) is 5.02 Å². The maximum atomic E-state index is 12.1. The van der Waals surface area contributed by atoms with Crippen molar-refractivity contribution in [3.8, 4) is 11.8 Å². The van der Waals surface area contributed by atoms with Crippen LogP contribution in [-0.2, 0) is 11.4 Å². The summed E-state index contributed by atoms with van der Waals surface area (Å²) in [5.74, 6) is 0.490. The summed E-state index contributed by atoms with van der Waals surface area (Å²) in [6.07, 6.45) is 0. The standard InChI is InChI=1S/C22H18ClN3O2/c23-18-6-2-8-20(11-18)26-22(27)14-25-19-7-3-9-21(12-19)28-15-17-5-1-4-16(10-17)13-24/h1-12,25H,14-15H2,(H,26,27). The fraction of sp³-hybridized carbons (Fsp3) is 0.0909. The molecule has 0 radical (unpaired) electrons. The molecular formula is C22H18ClN3O2. The Morgan fingerprint density at radius 2 is 1.79 bits per heavy atom. The Labute approximate surface area is 168 Å². The first-order valence-corrected chi connectivity index (χ1v) is 9.01. The van der Waals surface area contributed by atoms with Crippen LogP contribution in [0.25, 0.3) is 0 Å². The first-order valence-electron chi connectivity index (χ1n) is 8.63. The maximum absolute atomic E-state index is 12.1. The molecule has 0 aliphatic carbocycles. The van der Waals surface area contributed by atoms with Gasteiger partial charge in [-0.1, -0.05) is 35.9 Å². The lowest BCUT2D eigenvalue weighted by Crippen LogP contribution is -2.21. The minimum atomic E-state index is -0.179. The number of nitrogens with zero attached hydrogens (tertiary/aromatic N) is 1. The molecule has 0 bridgehead atoms. The van der Waals surface area contributed by atoms with E-state index in [1.807, 2.05) is 36.4 Å². The zero-order valence-corrected chi connectivity index (χ0v) is 15.7. The highest BCUT2D eigenvalue weighted by molar-refractivity contribution is 6.30. The molecule has 0 unspecified atom stereocenters. The summed E-state index contributed by atoms with van der Waals surface area (Å²) in [6.45, 7) is 0.467. The lowest BCUT2D eigenvalue weighted by molar-refractivity contribution is -0.114. The van der Waals surface area contributed by atoms with E-state index in [1.165, 1.54) is 0 Å². The lowest BCUT2D eigenvalue weighted by atomic mass is 10.1. The molecule has 0 fully saturated rings. The predicted molar refractivity (Wildman–Crippen MR) is 111 cm³/mol. The van der Waals surface area contributed by atoms with Crippen molar-refractivity contribution in [2.75, 3.05) is 17.2 Å². The monoisotopic (exact) mass is 391 g/mol. The number of amides is 1. The van der Waals surface area contributed by atoms with E-state index in [1.54, 1.807) is 36.4 Å². The van der Waals surface area contributed by atoms with E-state index in [0.29, 0.717) is 28.6 Å². The van der Waals surface area contributed by atoms with Crippen molar-refractivity contribution in [1.82, 2.24) is 0 Å². The van der Waals surface area contributed by atoms with Gasteiger partial charge in [0.25, 0.3) is 0 Å². The quantitative estimate of drug-likeness (QED) is 0.604. The largest absolute Gasteiger partial charge is 0.489 e. The average Bonchev–Trinajstić information content (AvgIpc) is 2.71. The highest BCUT2D eigenvalue weighted by Crippen LogP contribution is 2.19. The molecule has 0 spiro atoms. The van der Waals surface area contributed by atoms with Crippen molar-refractivity contribution in [3.05, 3.63) is 88.9 Å². The Hall–Kier alpha value is -3.49. The first-order chi connectivity index (χ1) is 13.6. The average molecular weight is 392 g/mol. The molecule has 2 N–H and O–H groups in total. The zero-order valence-electron chi connectivity index (χ0n) is 15.0. The number of nitriles is 1. The van der Waals surface area contributed by atoms with E-state index in [2.05, 4.69) is 16.7 Å². The van der Waals surface area contributed by atoms with Crippen LogP contribution >= 0.6 is 11.6 Å². The molecule has 3 rings (SSSR count). The third-order valence-corrected chi connectivity index (χ3v) is 4.09. The minimum absolute atomic E-state index is 0.111. The molecule has 3 aromatic carbocycles. The molecule has 0 heterocycles. The summed E-state index contributed by atoms with van der Waals surface area (Å²) in [4.78, 5) is 12.1. The van der Waals surface area contributed by atoms with Crippen LogP contribution in [0, 0.1) is 11.3 Å². The van der Waals surface area contributed by atoms with Crippen LogP contribution in [-0.4, -0.2) is 12.5 Å². The van der Waals surface area contributed by atoms with Gasteiger partial charge >= 0.3 is 0 Å². The molecule has 0 saturated heterocycles. The second-order valence-electron chi connectivity index (χ2n) is 6.04. The fourth-order valence-corrected chi connectivity index (χ4v) is 2.74. The van der Waals surface area contributed by atoms with Crippen molar-refractivity contribution in [2.45, 2.75) is 6.61 Å². The van der Waals surface area contributed by atoms with Gasteiger partial charge in [-0.2, -0.15) is 5.26 Å². The van der Waals surface area contributed by atoms with Gasteiger partial charge in [-0.05, 0) is 48.0 Å². The summed E-state index contributed by atoms with van der Waals surface area (Å²) >= 11 is 5.91. The molecule has 0 saturated carbocycles. The summed E-state index contributed by atoms with van der Waals surface area (Å²) in [5, 5.41) is 15.4. The molecule has 5 nitrogen and oxygen atoms in total. The van der Waals surface area contributed by atoms with Crippen LogP contribution in [0.3, 0.4) is 0 Å². The molecule has 28 heavy (non-hydrogen) atoms. The van der Waals surface area contributed by atoms with Gasteiger partial charge in [-0.25, -0.2) is 0 Å². The van der Waals surface area contributed by atoms with Crippen LogP contribution in [0.1, 0.15) is 11.1 Å². The zero-order chi connectivity index (χ0) is 19.8. The van der Waals surface area contributed by atoms with Crippen molar-refractivity contribution in [1.29, 1.82) is 5.26 Å². The molecule has 0 aliphatic heterocycles. The Balaban J connectivity index is 1.53. The number of rotatable bonds is 7. The van der Waals surface area contributed by atoms with E-state index in [9.17, 15) is 4.79 Å². The molecule has 6 heteroatoms. The van der Waals surface area contributed by atoms with E-state index < -0.39 is 0 Å². The third kappa shape index (κ3) is 5.76. The number of carbonyl (C=O) groups is 1. The van der Waals surface area contributed by atoms with Gasteiger partial charge in [0, 0.05) is 22.5 Å². The van der Waals surface area contributed by atoms with Crippen molar-refractivity contribution >= 4 is 28.9 Å². The minimum Gasteiger partial charge on any atom is -0.489 e. The van der Waals surface area contributed by atoms with Crippen molar-refractivity contribution in [2.24, 2.45) is 0 Å². The van der Waals surface area contributed by atoms with Gasteiger partial charge in [0.05, 0.1) is 18.2 Å². The van der Waals surface area contributed by atoms with E-state index in [0.717, 1.165) is 11.3 Å². The summed E-state index contributed by atoms with van der Waals surface area (Å²) in [5.41, 5.74) is 2.93. The summed E-state index contributed by atoms with van der Waals surface area (Å²) < 4.78 is 5.78. The SMILES string of the molecule is N#Cc1cccc(COc2cccc(NCC(=O)Nc3cccc(Cl)c3)c2)c1. The van der Waals surface area contributed by atoms with Gasteiger partial charge in [0.15, 0.2) is 0 Å². The van der Waals surface area contributed by atoms with Crippen molar-refractivity contribution in [3.63, 3.8) is 0 Å². The number of carbonyl (C=O) groups excluding carboxylic acids is 1. The summed E-state index contributed by atoms with van der Waals surface area (Å²) in [7, 11) is 0. The number of benzene rings is 3. The van der Waals surface area contributed by atoms with Crippen LogP contribution in [0.15, 0.2) is 72.8 Å². The molecule has 1 amide bonds. The van der Waals surface area contributed by atoms with Crippen molar-refractivity contribution < 1.29 is 9.53 Å². The second kappa shape index (κ2) is 9.45. The topological polar surface area (TPSA) is 74.1 Å². The molecule has 3 aromatic rings. The smallest absolute Gasteiger partial charge is 0.243 e. The fourth-order valence-electron chi connectivity index (χ4n) is 2.55. The van der Waals surface area contributed by atoms with E-state index in [4.69, 9.17) is 21.6 Å². The molecule has 0 aromatic heterocycles. The van der Waals surface area contributed by atoms with Crippen LogP contribution < -0.4 is 15.4 Å². The Bertz CT molecular complexity index is 1010. The molecular weight excluding hydrogens is 374 g/mol. The Morgan fingerprint density at radius 3 is 2.61 bits per heavy atom. The normalized spacial score (nSPS) is 10.0. The highest BCUT2D eigenvalue weighted by atomic mass is 35.5. The Morgan fingerprint density at radius 1 is 1.00 bits per heavy atom. The van der Waals surface area contributed by atoms with Gasteiger partial charge in [-0.15, -0.1) is 0 Å². The van der Waals surface area contributed by atoms with Gasteiger partial charge in [0.2, 0.25) is 5.91 Å². The van der Waals surface area contributed by atoms with Crippen LogP contribution in [0.4, 0.5) is 11.4 Å². The number of anilines is 2. The number of nitrogens with one attached hydrogen (secondary N) is 2. The Kier molecular flexibility index (Phi) is 6.50. The number of ether oxygens (including phenoxy) is 1. The first kappa shape index (κ1) is 19.3. The van der Waals surface area contributed by atoms with E-state index in [-0.39, 0.29) is 12.5 Å². The van der Waals surface area contributed by atoms with Gasteiger partial charge in [-0.3, -0.25) is 4.79 Å². The van der Waals surface area contributed by atoms with Gasteiger partial charge in [0.1, 0.15) is 12.4 Å². The summed E-state index contributed by atoms with van der Waals surface area (Å²) in [6, 6.07) is 23.7. The van der Waals surface area contributed by atoms with Crippen LogP contribution in [0.5, 0.6) is 5.75 Å². The maximum Gasteiger partial charge on any atom is 0.243 e. The number of hydrogen-bond acceptors (Lipinski definition) is 4. The lowest BCUT2D eigenvalue weighted by Gasteiger charge is -2.11. The van der Waals surface area contributed by atoms with Gasteiger partial charge < -0.3 is 15.4 Å². The second-order valence-corrected chi connectivity index (χ2v) is 6.48. The van der Waals surface area contributed by atoms with E-state index >= 15 is 0 Å². The number of halogens is 1. The predicted octanol–water partition coefficient (Wildman–Crippen LogP) is 4.84. The number of hydrogen-bond donors (Lipinski definition) is 2. The third-order valence-electron chi connectivity index (χ3n) is 3.86. The molecule has 0 aliphatic rings. The highest BCUT2D eigenvalue weighted by Gasteiger charge is 2.04.